The molecule has 0 radical (unpaired) electrons. The predicted octanol–water partition coefficient (Wildman–Crippen LogP) is 4.45. The van der Waals surface area contributed by atoms with E-state index < -0.39 is 0 Å². The van der Waals surface area contributed by atoms with Crippen LogP contribution in [-0.4, -0.2) is 29.9 Å². The van der Waals surface area contributed by atoms with Crippen LogP contribution in [-0.2, 0) is 4.79 Å². The third kappa shape index (κ3) is 4.64. The molecule has 1 aliphatic rings. The van der Waals surface area contributed by atoms with Gasteiger partial charge in [0.1, 0.15) is 5.75 Å². The number of phenols is 1. The Balaban J connectivity index is 1.81. The zero-order chi connectivity index (χ0) is 19.4. The van der Waals surface area contributed by atoms with Crippen molar-refractivity contribution < 1.29 is 19.4 Å². The van der Waals surface area contributed by atoms with E-state index >= 15 is 0 Å². The van der Waals surface area contributed by atoms with E-state index in [1.807, 2.05) is 31.2 Å². The van der Waals surface area contributed by atoms with Gasteiger partial charge in [0.15, 0.2) is 16.7 Å². The lowest BCUT2D eigenvalue weighted by Crippen LogP contribution is -2.19. The highest BCUT2D eigenvalue weighted by molar-refractivity contribution is 9.10. The number of rotatable bonds is 5. The standard InChI is InChI=1S/C19H17BrN2O4S/c1-3-26-13-6-4-12(5-7-13)21-19-22-18(24)16(27-19)10-11-8-14(20)17(23)15(9-11)25-2/h4-10,23H,3H2,1-2H3,(H,21,22,24)/b16-10+. The summed E-state index contributed by atoms with van der Waals surface area (Å²) < 4.78 is 11.0. The summed E-state index contributed by atoms with van der Waals surface area (Å²) in [5.74, 6) is 0.883. The molecular weight excluding hydrogens is 432 g/mol. The van der Waals surface area contributed by atoms with Gasteiger partial charge in [-0.05, 0) is 82.7 Å². The molecule has 0 bridgehead atoms. The van der Waals surface area contributed by atoms with Crippen LogP contribution in [0.2, 0.25) is 0 Å². The van der Waals surface area contributed by atoms with Crippen LogP contribution in [0.5, 0.6) is 17.2 Å². The highest BCUT2D eigenvalue weighted by atomic mass is 79.9. The quantitative estimate of drug-likeness (QED) is 0.660. The normalized spacial score (nSPS) is 16.6. The second-order valence-electron chi connectivity index (χ2n) is 5.46. The van der Waals surface area contributed by atoms with Crippen molar-refractivity contribution in [2.45, 2.75) is 6.92 Å². The minimum absolute atomic E-state index is 0.0147. The lowest BCUT2D eigenvalue weighted by atomic mass is 10.2. The number of halogens is 1. The minimum Gasteiger partial charge on any atom is -0.503 e. The number of phenolic OH excluding ortho intramolecular Hbond substituents is 1. The second kappa shape index (κ2) is 8.49. The van der Waals surface area contributed by atoms with E-state index in [1.165, 1.54) is 18.9 Å². The van der Waals surface area contributed by atoms with Crippen LogP contribution in [0.15, 0.2) is 50.8 Å². The highest BCUT2D eigenvalue weighted by Crippen LogP contribution is 2.37. The van der Waals surface area contributed by atoms with Gasteiger partial charge in [-0.2, -0.15) is 0 Å². The molecule has 0 saturated carbocycles. The molecule has 1 fully saturated rings. The van der Waals surface area contributed by atoms with Crippen LogP contribution < -0.4 is 14.8 Å². The second-order valence-corrected chi connectivity index (χ2v) is 7.35. The Morgan fingerprint density at radius 3 is 2.70 bits per heavy atom. The van der Waals surface area contributed by atoms with Crippen molar-refractivity contribution in [3.05, 3.63) is 51.3 Å². The molecular formula is C19H17BrN2O4S. The summed E-state index contributed by atoms with van der Waals surface area (Å²) in [6, 6.07) is 10.7. The van der Waals surface area contributed by atoms with Crippen LogP contribution in [0, 0.1) is 0 Å². The van der Waals surface area contributed by atoms with E-state index in [9.17, 15) is 9.90 Å². The highest BCUT2D eigenvalue weighted by Gasteiger charge is 2.24. The molecule has 1 amide bonds. The van der Waals surface area contributed by atoms with Crippen LogP contribution in [0.4, 0.5) is 5.69 Å². The van der Waals surface area contributed by atoms with Gasteiger partial charge in [-0.25, -0.2) is 4.99 Å². The summed E-state index contributed by atoms with van der Waals surface area (Å²) in [5, 5.41) is 13.1. The number of hydrogen-bond acceptors (Lipinski definition) is 6. The lowest BCUT2D eigenvalue weighted by molar-refractivity contribution is -0.115. The number of nitrogens with zero attached hydrogens (tertiary/aromatic N) is 1. The Morgan fingerprint density at radius 1 is 1.30 bits per heavy atom. The maximum Gasteiger partial charge on any atom is 0.264 e. The van der Waals surface area contributed by atoms with Crippen molar-refractivity contribution in [2.24, 2.45) is 4.99 Å². The number of carbonyl (C=O) groups excluding carboxylic acids is 1. The molecule has 0 aromatic heterocycles. The molecule has 2 N–H and O–H groups in total. The van der Waals surface area contributed by atoms with Crippen LogP contribution >= 0.6 is 27.7 Å². The van der Waals surface area contributed by atoms with Crippen LogP contribution in [0.1, 0.15) is 12.5 Å². The zero-order valence-corrected chi connectivity index (χ0v) is 17.1. The first kappa shape index (κ1) is 19.3. The molecule has 0 unspecified atom stereocenters. The number of ether oxygens (including phenoxy) is 2. The fraction of sp³-hybridized carbons (Fsp3) is 0.158. The molecule has 140 valence electrons. The van der Waals surface area contributed by atoms with Crippen molar-refractivity contribution in [2.75, 3.05) is 13.7 Å². The van der Waals surface area contributed by atoms with E-state index in [0.29, 0.717) is 26.9 Å². The maximum absolute atomic E-state index is 12.2. The van der Waals surface area contributed by atoms with Crippen molar-refractivity contribution in [1.29, 1.82) is 0 Å². The number of aromatic hydroxyl groups is 1. The number of amides is 1. The number of aliphatic imine (C=N–C) groups is 1. The van der Waals surface area contributed by atoms with Gasteiger partial charge in [-0.3, -0.25) is 4.79 Å². The van der Waals surface area contributed by atoms with Crippen molar-refractivity contribution >= 4 is 50.5 Å². The van der Waals surface area contributed by atoms with Gasteiger partial charge in [0.05, 0.1) is 28.8 Å². The summed E-state index contributed by atoms with van der Waals surface area (Å²) in [7, 11) is 1.47. The smallest absolute Gasteiger partial charge is 0.264 e. The zero-order valence-electron chi connectivity index (χ0n) is 14.7. The van der Waals surface area contributed by atoms with Crippen LogP contribution in [0.25, 0.3) is 6.08 Å². The molecule has 2 aromatic carbocycles. The molecule has 0 aliphatic carbocycles. The van der Waals surface area contributed by atoms with Gasteiger partial charge >= 0.3 is 0 Å². The summed E-state index contributed by atoms with van der Waals surface area (Å²) in [6.07, 6.45) is 1.72. The van der Waals surface area contributed by atoms with Crippen LogP contribution in [0.3, 0.4) is 0 Å². The largest absolute Gasteiger partial charge is 0.503 e. The number of hydrogen-bond donors (Lipinski definition) is 2. The molecule has 1 saturated heterocycles. The number of methoxy groups -OCH3 is 1. The van der Waals surface area contributed by atoms with Crippen molar-refractivity contribution in [3.8, 4) is 17.2 Å². The number of amidine groups is 1. The molecule has 3 rings (SSSR count). The Labute approximate surface area is 169 Å². The van der Waals surface area contributed by atoms with Gasteiger partial charge < -0.3 is 19.9 Å². The Morgan fingerprint density at radius 2 is 2.04 bits per heavy atom. The molecule has 6 nitrogen and oxygen atoms in total. The first-order chi connectivity index (χ1) is 13.0. The molecule has 0 spiro atoms. The number of thioether (sulfide) groups is 1. The third-order valence-corrected chi connectivity index (χ3v) is 5.11. The molecule has 0 atom stereocenters. The molecule has 27 heavy (non-hydrogen) atoms. The summed E-state index contributed by atoms with van der Waals surface area (Å²) in [5.41, 5.74) is 1.44. The van der Waals surface area contributed by atoms with Gasteiger partial charge in [0.2, 0.25) is 0 Å². The lowest BCUT2D eigenvalue weighted by Gasteiger charge is -2.06. The Hall–Kier alpha value is -2.45. The maximum atomic E-state index is 12.2. The number of nitrogens with one attached hydrogen (secondary N) is 1. The SMILES string of the molecule is CCOc1ccc(N=C2NC(=O)/C(=C\c3cc(Br)c(O)c(OC)c3)S2)cc1. The van der Waals surface area contributed by atoms with Gasteiger partial charge in [0, 0.05) is 0 Å². The average Bonchev–Trinajstić information content (AvgIpc) is 2.99. The van der Waals surface area contributed by atoms with Gasteiger partial charge in [0.25, 0.3) is 5.91 Å². The fourth-order valence-electron chi connectivity index (χ4n) is 2.37. The fourth-order valence-corrected chi connectivity index (χ4v) is 3.67. The van der Waals surface area contributed by atoms with E-state index in [2.05, 4.69) is 26.2 Å². The summed E-state index contributed by atoms with van der Waals surface area (Å²) >= 11 is 4.52. The van der Waals surface area contributed by atoms with Gasteiger partial charge in [-0.15, -0.1) is 0 Å². The molecule has 1 heterocycles. The Kier molecular flexibility index (Phi) is 6.08. The molecule has 2 aromatic rings. The topological polar surface area (TPSA) is 80.2 Å². The van der Waals surface area contributed by atoms with Gasteiger partial charge in [-0.1, -0.05) is 0 Å². The molecule has 8 heteroatoms. The third-order valence-electron chi connectivity index (χ3n) is 3.60. The summed E-state index contributed by atoms with van der Waals surface area (Å²) in [4.78, 5) is 17.2. The summed E-state index contributed by atoms with van der Waals surface area (Å²) in [6.45, 7) is 2.53. The first-order valence-corrected chi connectivity index (χ1v) is 9.70. The first-order valence-electron chi connectivity index (χ1n) is 8.09. The monoisotopic (exact) mass is 448 g/mol. The average molecular weight is 449 g/mol. The molecule has 1 aliphatic heterocycles. The van der Waals surface area contributed by atoms with E-state index in [1.54, 1.807) is 18.2 Å². The van der Waals surface area contributed by atoms with E-state index in [-0.39, 0.29) is 11.7 Å². The minimum atomic E-state index is -0.229. The number of carbonyl (C=O) groups is 1. The van der Waals surface area contributed by atoms with Crippen molar-refractivity contribution in [1.82, 2.24) is 5.32 Å². The van der Waals surface area contributed by atoms with E-state index in [4.69, 9.17) is 9.47 Å². The number of benzene rings is 2. The van der Waals surface area contributed by atoms with E-state index in [0.717, 1.165) is 17.0 Å². The van der Waals surface area contributed by atoms with Crippen molar-refractivity contribution in [3.63, 3.8) is 0 Å². The Bertz CT molecular complexity index is 926. The predicted molar refractivity (Wildman–Crippen MR) is 111 cm³/mol.